The number of rotatable bonds is 7. The van der Waals surface area contributed by atoms with Gasteiger partial charge in [0.05, 0.1) is 11.7 Å². The van der Waals surface area contributed by atoms with Crippen LogP contribution in [0.1, 0.15) is 47.4 Å². The van der Waals surface area contributed by atoms with Gasteiger partial charge in [0.2, 0.25) is 0 Å². The van der Waals surface area contributed by atoms with Crippen LogP contribution in [0.4, 0.5) is 0 Å². The summed E-state index contributed by atoms with van der Waals surface area (Å²) in [5.41, 5.74) is 2.53. The molecule has 5 heteroatoms. The van der Waals surface area contributed by atoms with E-state index in [1.165, 1.54) is 0 Å². The highest BCUT2D eigenvalue weighted by Gasteiger charge is 2.37. The normalized spacial score (nSPS) is 14.3. The van der Waals surface area contributed by atoms with E-state index < -0.39 is 0 Å². The summed E-state index contributed by atoms with van der Waals surface area (Å²) in [6, 6.07) is 17.3. The molecule has 4 rings (SSSR count). The van der Waals surface area contributed by atoms with Gasteiger partial charge in [0.1, 0.15) is 12.4 Å². The minimum absolute atomic E-state index is 0.0208. The number of nitrogens with zero attached hydrogens (tertiary/aromatic N) is 3. The molecule has 2 aromatic heterocycles. The Hall–Kier alpha value is -3.21. The molecule has 1 aliphatic rings. The standard InChI is InChI=1S/C23H23N3O2/c1-17(22-9-2-3-13-25-22)26(20-10-11-20)23(27)19-7-4-8-21(14-19)28-16-18-6-5-12-24-15-18/h2-9,12-15,17,20H,10-11,16H2,1H3. The maximum atomic E-state index is 13.3. The van der Waals surface area contributed by atoms with E-state index in [-0.39, 0.29) is 18.0 Å². The van der Waals surface area contributed by atoms with Crippen LogP contribution in [-0.4, -0.2) is 26.8 Å². The molecule has 3 aromatic rings. The van der Waals surface area contributed by atoms with Gasteiger partial charge in [-0.1, -0.05) is 18.2 Å². The molecular weight excluding hydrogens is 350 g/mol. The summed E-state index contributed by atoms with van der Waals surface area (Å²) in [6.07, 6.45) is 7.37. The Morgan fingerprint density at radius 1 is 1.14 bits per heavy atom. The number of hydrogen-bond donors (Lipinski definition) is 0. The summed E-state index contributed by atoms with van der Waals surface area (Å²) >= 11 is 0. The van der Waals surface area contributed by atoms with Crippen molar-refractivity contribution >= 4 is 5.91 Å². The van der Waals surface area contributed by atoms with E-state index in [9.17, 15) is 4.79 Å². The number of carbonyl (C=O) groups is 1. The van der Waals surface area contributed by atoms with Crippen LogP contribution in [0.5, 0.6) is 5.75 Å². The molecule has 0 N–H and O–H groups in total. The lowest BCUT2D eigenvalue weighted by atomic mass is 10.1. The van der Waals surface area contributed by atoms with Crippen molar-refractivity contribution in [2.75, 3.05) is 0 Å². The third-order valence-corrected chi connectivity index (χ3v) is 4.92. The van der Waals surface area contributed by atoms with E-state index in [0.717, 1.165) is 24.1 Å². The minimum atomic E-state index is -0.0684. The molecule has 1 unspecified atom stereocenters. The predicted molar refractivity (Wildman–Crippen MR) is 107 cm³/mol. The van der Waals surface area contributed by atoms with Gasteiger partial charge >= 0.3 is 0 Å². The summed E-state index contributed by atoms with van der Waals surface area (Å²) in [6.45, 7) is 2.46. The number of ether oxygens (including phenoxy) is 1. The first kappa shape index (κ1) is 18.2. The monoisotopic (exact) mass is 373 g/mol. The fraction of sp³-hybridized carbons (Fsp3) is 0.261. The van der Waals surface area contributed by atoms with Gasteiger partial charge in [-0.25, -0.2) is 0 Å². The summed E-state index contributed by atoms with van der Waals surface area (Å²) < 4.78 is 5.86. The number of benzene rings is 1. The first-order chi connectivity index (χ1) is 13.7. The van der Waals surface area contributed by atoms with E-state index in [0.29, 0.717) is 17.9 Å². The molecular formula is C23H23N3O2. The van der Waals surface area contributed by atoms with Crippen LogP contribution in [0.15, 0.2) is 73.2 Å². The molecule has 1 atom stereocenters. The largest absolute Gasteiger partial charge is 0.489 e. The molecule has 2 heterocycles. The lowest BCUT2D eigenvalue weighted by molar-refractivity contribution is 0.0669. The molecule has 0 radical (unpaired) electrons. The summed E-state index contributed by atoms with van der Waals surface area (Å²) in [5, 5.41) is 0. The Kier molecular flexibility index (Phi) is 5.33. The Bertz CT molecular complexity index is 927. The highest BCUT2D eigenvalue weighted by molar-refractivity contribution is 5.95. The van der Waals surface area contributed by atoms with Gasteiger partial charge in [0.15, 0.2) is 0 Å². The zero-order valence-corrected chi connectivity index (χ0v) is 15.9. The molecule has 0 saturated heterocycles. The smallest absolute Gasteiger partial charge is 0.254 e. The third-order valence-electron chi connectivity index (χ3n) is 4.92. The van der Waals surface area contributed by atoms with Crippen molar-refractivity contribution in [2.24, 2.45) is 0 Å². The van der Waals surface area contributed by atoms with Gasteiger partial charge < -0.3 is 9.64 Å². The quantitative estimate of drug-likeness (QED) is 0.615. The number of hydrogen-bond acceptors (Lipinski definition) is 4. The van der Waals surface area contributed by atoms with Crippen LogP contribution in [0.3, 0.4) is 0 Å². The lowest BCUT2D eigenvalue weighted by Gasteiger charge is -2.29. The van der Waals surface area contributed by atoms with Crippen LogP contribution < -0.4 is 4.74 Å². The van der Waals surface area contributed by atoms with Crippen molar-refractivity contribution in [2.45, 2.75) is 38.5 Å². The van der Waals surface area contributed by atoms with E-state index in [4.69, 9.17) is 4.74 Å². The zero-order valence-electron chi connectivity index (χ0n) is 15.9. The first-order valence-corrected chi connectivity index (χ1v) is 9.58. The van der Waals surface area contributed by atoms with Gasteiger partial charge in [-0.05, 0) is 56.2 Å². The van der Waals surface area contributed by atoms with Crippen LogP contribution in [-0.2, 0) is 6.61 Å². The van der Waals surface area contributed by atoms with Gasteiger partial charge in [-0.15, -0.1) is 0 Å². The Balaban J connectivity index is 1.51. The zero-order chi connectivity index (χ0) is 19.3. The lowest BCUT2D eigenvalue weighted by Crippen LogP contribution is -2.35. The molecule has 0 aliphatic heterocycles. The minimum Gasteiger partial charge on any atom is -0.489 e. The molecule has 1 aliphatic carbocycles. The molecule has 1 amide bonds. The van der Waals surface area contributed by atoms with Crippen LogP contribution >= 0.6 is 0 Å². The first-order valence-electron chi connectivity index (χ1n) is 9.58. The molecule has 28 heavy (non-hydrogen) atoms. The third kappa shape index (κ3) is 4.19. The predicted octanol–water partition coefficient (Wildman–Crippen LogP) is 4.42. The second-order valence-corrected chi connectivity index (χ2v) is 7.05. The molecule has 1 fully saturated rings. The van der Waals surface area contributed by atoms with Crippen molar-refractivity contribution in [1.82, 2.24) is 14.9 Å². The van der Waals surface area contributed by atoms with Crippen molar-refractivity contribution in [1.29, 1.82) is 0 Å². The topological polar surface area (TPSA) is 55.3 Å². The van der Waals surface area contributed by atoms with Crippen LogP contribution in [0.2, 0.25) is 0 Å². The van der Waals surface area contributed by atoms with E-state index >= 15 is 0 Å². The van der Waals surface area contributed by atoms with Crippen LogP contribution in [0.25, 0.3) is 0 Å². The number of pyridine rings is 2. The highest BCUT2D eigenvalue weighted by Crippen LogP contribution is 2.35. The molecule has 142 valence electrons. The average Bonchev–Trinajstić information content (AvgIpc) is 3.59. The molecule has 0 spiro atoms. The average molecular weight is 373 g/mol. The summed E-state index contributed by atoms with van der Waals surface area (Å²) in [5.74, 6) is 0.698. The van der Waals surface area contributed by atoms with Crippen molar-refractivity contribution in [3.05, 3.63) is 90.0 Å². The molecule has 1 aromatic carbocycles. The SMILES string of the molecule is CC(c1ccccn1)N(C(=O)c1cccc(OCc2cccnc2)c1)C1CC1. The van der Waals surface area contributed by atoms with Crippen LogP contribution in [0, 0.1) is 0 Å². The number of aromatic nitrogens is 2. The van der Waals surface area contributed by atoms with E-state index in [1.807, 2.05) is 66.4 Å². The van der Waals surface area contributed by atoms with Crippen molar-refractivity contribution in [3.63, 3.8) is 0 Å². The second kappa shape index (κ2) is 8.21. The highest BCUT2D eigenvalue weighted by atomic mass is 16.5. The fourth-order valence-corrected chi connectivity index (χ4v) is 3.29. The Morgan fingerprint density at radius 2 is 2.04 bits per heavy atom. The second-order valence-electron chi connectivity index (χ2n) is 7.05. The number of amides is 1. The molecule has 5 nitrogen and oxygen atoms in total. The number of carbonyl (C=O) groups excluding carboxylic acids is 1. The molecule has 1 saturated carbocycles. The Labute approximate surface area is 165 Å². The van der Waals surface area contributed by atoms with Crippen molar-refractivity contribution in [3.8, 4) is 5.75 Å². The van der Waals surface area contributed by atoms with Gasteiger partial charge in [0.25, 0.3) is 5.91 Å². The van der Waals surface area contributed by atoms with Gasteiger partial charge in [0, 0.05) is 35.8 Å². The summed E-state index contributed by atoms with van der Waals surface area (Å²) in [4.78, 5) is 23.8. The maximum Gasteiger partial charge on any atom is 0.254 e. The maximum absolute atomic E-state index is 13.3. The fourth-order valence-electron chi connectivity index (χ4n) is 3.29. The summed E-state index contributed by atoms with van der Waals surface area (Å²) in [7, 11) is 0. The van der Waals surface area contributed by atoms with E-state index in [1.54, 1.807) is 18.6 Å². The van der Waals surface area contributed by atoms with Gasteiger partial charge in [-0.3, -0.25) is 14.8 Å². The van der Waals surface area contributed by atoms with Gasteiger partial charge in [-0.2, -0.15) is 0 Å². The van der Waals surface area contributed by atoms with Crippen molar-refractivity contribution < 1.29 is 9.53 Å². The Morgan fingerprint density at radius 3 is 2.75 bits per heavy atom. The van der Waals surface area contributed by atoms with E-state index in [2.05, 4.69) is 9.97 Å². The molecule has 0 bridgehead atoms.